The van der Waals surface area contributed by atoms with E-state index in [-0.39, 0.29) is 36.0 Å². The maximum Gasteiger partial charge on any atom is 0.331 e. The van der Waals surface area contributed by atoms with E-state index in [1.165, 1.54) is 21.6 Å². The third-order valence-electron chi connectivity index (χ3n) is 6.93. The number of carbonyl (C=O) groups excluding carboxylic acids is 2. The minimum Gasteiger partial charge on any atom is -0.365 e. The number of morpholine rings is 1. The molecule has 1 aromatic heterocycles. The van der Waals surface area contributed by atoms with Crippen molar-refractivity contribution < 1.29 is 14.3 Å². The number of aryl methyl sites for hydroxylation is 1. The number of nitrogens with one attached hydrogen (secondary N) is 2. The molecule has 1 saturated carbocycles. The summed E-state index contributed by atoms with van der Waals surface area (Å²) in [6.45, 7) is 3.11. The Hall–Kier alpha value is -4.14. The van der Waals surface area contributed by atoms with Crippen LogP contribution in [0, 0.1) is 17.2 Å². The molecule has 1 aliphatic heterocycles. The first-order chi connectivity index (χ1) is 18.8. The Labute approximate surface area is 228 Å². The van der Waals surface area contributed by atoms with Crippen molar-refractivity contribution >= 4 is 45.8 Å². The molecule has 2 aliphatic rings. The van der Waals surface area contributed by atoms with Crippen LogP contribution in [0.4, 0.5) is 16.2 Å². The summed E-state index contributed by atoms with van der Waals surface area (Å²) < 4.78 is 8.44. The number of aromatic nitrogens is 2. The molecule has 2 fully saturated rings. The zero-order chi connectivity index (χ0) is 27.7. The first-order valence-electron chi connectivity index (χ1n) is 12.7. The molecule has 39 heavy (non-hydrogen) atoms. The second-order valence-corrected chi connectivity index (χ2v) is 10.1. The number of amides is 3. The van der Waals surface area contributed by atoms with Crippen LogP contribution < -0.4 is 21.9 Å². The van der Waals surface area contributed by atoms with Gasteiger partial charge in [0.15, 0.2) is 6.10 Å². The Bertz CT molecular complexity index is 1620. The van der Waals surface area contributed by atoms with Crippen LogP contribution in [-0.4, -0.2) is 51.8 Å². The number of benzene rings is 2. The summed E-state index contributed by atoms with van der Waals surface area (Å²) in [7, 11) is 0. The molecule has 2 heterocycles. The topological polar surface area (TPSA) is 138 Å². The van der Waals surface area contributed by atoms with Crippen LogP contribution >= 0.6 is 11.6 Å². The maximum absolute atomic E-state index is 13.2. The smallest absolute Gasteiger partial charge is 0.331 e. The van der Waals surface area contributed by atoms with Gasteiger partial charge in [0, 0.05) is 31.0 Å². The van der Waals surface area contributed by atoms with Gasteiger partial charge in [-0.1, -0.05) is 11.6 Å². The molecular formula is C27H27ClN6O5. The van der Waals surface area contributed by atoms with Gasteiger partial charge in [-0.05, 0) is 62.1 Å². The Balaban J connectivity index is 1.30. The van der Waals surface area contributed by atoms with Crippen molar-refractivity contribution in [3.8, 4) is 6.07 Å². The lowest BCUT2D eigenvalue weighted by Crippen LogP contribution is -2.51. The third kappa shape index (κ3) is 5.53. The van der Waals surface area contributed by atoms with Crippen molar-refractivity contribution in [3.63, 3.8) is 0 Å². The molecule has 2 N–H and O–H groups in total. The molecule has 12 heteroatoms. The van der Waals surface area contributed by atoms with Crippen LogP contribution in [0.3, 0.4) is 0 Å². The number of hydrogen-bond donors (Lipinski definition) is 2. The molecule has 3 aromatic rings. The number of ether oxygens (including phenoxy) is 1. The summed E-state index contributed by atoms with van der Waals surface area (Å²) in [4.78, 5) is 53.4. The van der Waals surface area contributed by atoms with Gasteiger partial charge in [0.2, 0.25) is 0 Å². The van der Waals surface area contributed by atoms with E-state index < -0.39 is 18.0 Å². The highest BCUT2D eigenvalue weighted by Crippen LogP contribution is 2.30. The number of hydrogen-bond acceptors (Lipinski definition) is 6. The lowest BCUT2D eigenvalue weighted by Gasteiger charge is -2.32. The Morgan fingerprint density at radius 3 is 2.54 bits per heavy atom. The Morgan fingerprint density at radius 1 is 1.10 bits per heavy atom. The van der Waals surface area contributed by atoms with Crippen molar-refractivity contribution in [2.24, 2.45) is 5.92 Å². The van der Waals surface area contributed by atoms with Crippen molar-refractivity contribution in [2.45, 2.75) is 39.0 Å². The lowest BCUT2D eigenvalue weighted by atomic mass is 10.2. The maximum atomic E-state index is 13.2. The number of carbonyl (C=O) groups is 2. The minimum absolute atomic E-state index is 0.0127. The highest BCUT2D eigenvalue weighted by Gasteiger charge is 2.30. The van der Waals surface area contributed by atoms with Gasteiger partial charge in [-0.3, -0.25) is 18.7 Å². The van der Waals surface area contributed by atoms with Gasteiger partial charge in [0.25, 0.3) is 11.5 Å². The van der Waals surface area contributed by atoms with Gasteiger partial charge in [-0.25, -0.2) is 9.59 Å². The van der Waals surface area contributed by atoms with Gasteiger partial charge < -0.3 is 20.3 Å². The van der Waals surface area contributed by atoms with Crippen LogP contribution in [0.5, 0.6) is 0 Å². The van der Waals surface area contributed by atoms with E-state index in [4.69, 9.17) is 21.6 Å². The van der Waals surface area contributed by atoms with E-state index in [1.54, 1.807) is 28.8 Å². The van der Waals surface area contributed by atoms with Gasteiger partial charge in [0.1, 0.15) is 6.07 Å². The van der Waals surface area contributed by atoms with E-state index in [2.05, 4.69) is 10.6 Å². The molecule has 1 saturated heterocycles. The standard InChI is InChI=1S/C27H27ClN6O5/c1-2-33-22-8-7-18(11-20(22)25(36)34(27(33)38)14-16-3-4-16)31-26(37)32-9-10-39-23(15-32)24(35)30-19-6-5-17(13-29)21(28)12-19/h5-8,11-12,16,23H,2-4,9-10,14-15H2,1H3,(H,30,35)(H,31,37). The van der Waals surface area contributed by atoms with Crippen LogP contribution in [0.2, 0.25) is 5.02 Å². The molecule has 202 valence electrons. The van der Waals surface area contributed by atoms with Crippen LogP contribution in [0.25, 0.3) is 10.9 Å². The van der Waals surface area contributed by atoms with Gasteiger partial charge >= 0.3 is 11.7 Å². The number of urea groups is 1. The second kappa shape index (κ2) is 10.9. The number of nitrogens with zero attached hydrogens (tertiary/aromatic N) is 4. The first-order valence-corrected chi connectivity index (χ1v) is 13.1. The van der Waals surface area contributed by atoms with Crippen molar-refractivity contribution in [1.29, 1.82) is 5.26 Å². The quantitative estimate of drug-likeness (QED) is 0.484. The van der Waals surface area contributed by atoms with Crippen LogP contribution in [0.15, 0.2) is 46.0 Å². The molecule has 1 unspecified atom stereocenters. The molecule has 11 nitrogen and oxygen atoms in total. The third-order valence-corrected chi connectivity index (χ3v) is 7.25. The molecule has 0 radical (unpaired) electrons. The van der Waals surface area contributed by atoms with Gasteiger partial charge in [0.05, 0.1) is 34.6 Å². The predicted octanol–water partition coefficient (Wildman–Crippen LogP) is 2.99. The zero-order valence-electron chi connectivity index (χ0n) is 21.3. The normalized spacial score (nSPS) is 17.1. The van der Waals surface area contributed by atoms with E-state index >= 15 is 0 Å². The highest BCUT2D eigenvalue weighted by atomic mass is 35.5. The second-order valence-electron chi connectivity index (χ2n) is 9.65. The SMILES string of the molecule is CCn1c(=O)n(CC2CC2)c(=O)c2cc(NC(=O)N3CCOC(C(=O)Nc4ccc(C#N)c(Cl)c4)C3)ccc21. The van der Waals surface area contributed by atoms with E-state index in [0.29, 0.717) is 46.8 Å². The van der Waals surface area contributed by atoms with Crippen molar-refractivity contribution in [2.75, 3.05) is 30.3 Å². The summed E-state index contributed by atoms with van der Waals surface area (Å²) >= 11 is 6.04. The highest BCUT2D eigenvalue weighted by molar-refractivity contribution is 6.32. The molecular weight excluding hydrogens is 524 g/mol. The monoisotopic (exact) mass is 550 g/mol. The number of fused-ring (bicyclic) bond motifs is 1. The van der Waals surface area contributed by atoms with Crippen molar-refractivity contribution in [3.05, 3.63) is 67.8 Å². The molecule has 1 aliphatic carbocycles. The summed E-state index contributed by atoms with van der Waals surface area (Å²) in [5.74, 6) is -0.103. The van der Waals surface area contributed by atoms with E-state index in [9.17, 15) is 19.2 Å². The largest absolute Gasteiger partial charge is 0.365 e. The fourth-order valence-corrected chi connectivity index (χ4v) is 4.85. The summed E-state index contributed by atoms with van der Waals surface area (Å²) in [5, 5.41) is 15.1. The molecule has 2 aromatic carbocycles. The summed E-state index contributed by atoms with van der Waals surface area (Å²) in [5.41, 5.74) is 0.934. The average Bonchev–Trinajstić information content (AvgIpc) is 3.76. The average molecular weight is 551 g/mol. The number of anilines is 2. The number of halogens is 1. The zero-order valence-corrected chi connectivity index (χ0v) is 22.0. The lowest BCUT2D eigenvalue weighted by molar-refractivity contribution is -0.131. The first kappa shape index (κ1) is 26.5. The molecule has 0 spiro atoms. The predicted molar refractivity (Wildman–Crippen MR) is 146 cm³/mol. The van der Waals surface area contributed by atoms with Crippen LogP contribution in [0.1, 0.15) is 25.3 Å². The van der Waals surface area contributed by atoms with Crippen LogP contribution in [-0.2, 0) is 22.6 Å². The van der Waals surface area contributed by atoms with Gasteiger partial charge in [-0.15, -0.1) is 0 Å². The fourth-order valence-electron chi connectivity index (χ4n) is 4.63. The summed E-state index contributed by atoms with van der Waals surface area (Å²) in [6, 6.07) is 10.9. The minimum atomic E-state index is -0.913. The Morgan fingerprint density at radius 2 is 1.85 bits per heavy atom. The molecule has 0 bridgehead atoms. The van der Waals surface area contributed by atoms with Crippen molar-refractivity contribution in [1.82, 2.24) is 14.0 Å². The van der Waals surface area contributed by atoms with Gasteiger partial charge in [-0.2, -0.15) is 5.26 Å². The van der Waals surface area contributed by atoms with E-state index in [0.717, 1.165) is 12.8 Å². The number of rotatable bonds is 6. The number of nitriles is 1. The molecule has 1 atom stereocenters. The fraction of sp³-hybridized carbons (Fsp3) is 0.370. The van der Waals surface area contributed by atoms with E-state index in [1.807, 2.05) is 13.0 Å². The Kier molecular flexibility index (Phi) is 7.41. The summed E-state index contributed by atoms with van der Waals surface area (Å²) in [6.07, 6.45) is 1.10. The molecule has 5 rings (SSSR count). The molecule has 3 amide bonds.